The van der Waals surface area contributed by atoms with Crippen LogP contribution in [0.2, 0.25) is 0 Å². The lowest BCUT2D eigenvalue weighted by Crippen LogP contribution is -2.08. The highest BCUT2D eigenvalue weighted by Gasteiger charge is 2.31. The molecule has 2 heterocycles. The number of aryl methyl sites for hydroxylation is 1. The van der Waals surface area contributed by atoms with Crippen LogP contribution in [0.1, 0.15) is 27.8 Å². The van der Waals surface area contributed by atoms with Crippen LogP contribution in [0.3, 0.4) is 0 Å². The average Bonchev–Trinajstić information content (AvgIpc) is 3.00. The molecule has 19 heavy (non-hydrogen) atoms. The van der Waals surface area contributed by atoms with E-state index in [1.807, 2.05) is 6.07 Å². The van der Waals surface area contributed by atoms with E-state index in [1.165, 1.54) is 10.4 Å². The van der Waals surface area contributed by atoms with Gasteiger partial charge in [-0.2, -0.15) is 0 Å². The molecule has 1 aromatic carbocycles. The van der Waals surface area contributed by atoms with Gasteiger partial charge in [0.1, 0.15) is 0 Å². The van der Waals surface area contributed by atoms with Gasteiger partial charge in [-0.15, -0.1) is 11.3 Å². The Hall–Kier alpha value is -1.52. The Bertz CT molecular complexity index is 594. The Morgan fingerprint density at radius 3 is 2.58 bits per heavy atom. The van der Waals surface area contributed by atoms with E-state index in [0.29, 0.717) is 11.8 Å². The van der Waals surface area contributed by atoms with Crippen LogP contribution < -0.4 is 5.32 Å². The van der Waals surface area contributed by atoms with Crippen LogP contribution in [-0.2, 0) is 0 Å². The third kappa shape index (κ3) is 2.22. The lowest BCUT2D eigenvalue weighted by molar-refractivity contribution is 0.402. The first-order valence-electron chi connectivity index (χ1n) is 6.43. The molecule has 0 spiro atoms. The van der Waals surface area contributed by atoms with Crippen LogP contribution in [-0.4, -0.2) is 23.3 Å². The van der Waals surface area contributed by atoms with Crippen molar-refractivity contribution in [1.29, 1.82) is 0 Å². The number of hydrogen-bond acceptors (Lipinski definition) is 4. The third-order valence-corrected chi connectivity index (χ3v) is 5.03. The number of phenols is 2. The summed E-state index contributed by atoms with van der Waals surface area (Å²) in [5.41, 5.74) is 2.42. The van der Waals surface area contributed by atoms with Crippen LogP contribution in [0, 0.1) is 6.92 Å². The quantitative estimate of drug-likeness (QED) is 0.739. The molecule has 2 aromatic rings. The number of phenolic OH excluding ortho intramolecular Hbond substituents is 2. The van der Waals surface area contributed by atoms with Crippen molar-refractivity contribution in [2.45, 2.75) is 18.8 Å². The molecule has 1 aromatic heterocycles. The summed E-state index contributed by atoms with van der Waals surface area (Å²) in [6, 6.07) is 7.32. The third-order valence-electron chi connectivity index (χ3n) is 3.88. The predicted octanol–water partition coefficient (Wildman–Crippen LogP) is 2.94. The van der Waals surface area contributed by atoms with Crippen molar-refractivity contribution in [3.8, 4) is 11.5 Å². The summed E-state index contributed by atoms with van der Waals surface area (Å²) in [6.07, 6.45) is 0. The molecule has 100 valence electrons. The molecule has 0 amide bonds. The molecule has 3 nitrogen and oxygen atoms in total. The second-order valence-corrected chi connectivity index (χ2v) is 6.03. The topological polar surface area (TPSA) is 52.5 Å². The van der Waals surface area contributed by atoms with Gasteiger partial charge in [0.25, 0.3) is 0 Å². The monoisotopic (exact) mass is 275 g/mol. The van der Waals surface area contributed by atoms with Gasteiger partial charge in [-0.3, -0.25) is 0 Å². The van der Waals surface area contributed by atoms with Crippen molar-refractivity contribution in [3.05, 3.63) is 45.6 Å². The van der Waals surface area contributed by atoms with Crippen LogP contribution in [0.15, 0.2) is 29.6 Å². The Balaban J connectivity index is 1.95. The summed E-state index contributed by atoms with van der Waals surface area (Å²) in [7, 11) is 0. The summed E-state index contributed by atoms with van der Waals surface area (Å²) in [5, 5.41) is 24.6. The fraction of sp³-hybridized carbons (Fsp3) is 0.333. The maximum absolute atomic E-state index is 9.66. The molecule has 2 atom stereocenters. The second kappa shape index (κ2) is 4.87. The average molecular weight is 275 g/mol. The van der Waals surface area contributed by atoms with E-state index >= 15 is 0 Å². The molecule has 1 aliphatic rings. The first kappa shape index (κ1) is 12.5. The van der Waals surface area contributed by atoms with Crippen LogP contribution in [0.25, 0.3) is 0 Å². The van der Waals surface area contributed by atoms with Crippen molar-refractivity contribution in [2.75, 3.05) is 13.1 Å². The maximum Gasteiger partial charge on any atom is 0.157 e. The van der Waals surface area contributed by atoms with Crippen LogP contribution >= 0.6 is 11.3 Å². The maximum atomic E-state index is 9.66. The molecule has 1 aliphatic heterocycles. The van der Waals surface area contributed by atoms with Gasteiger partial charge in [-0.25, -0.2) is 0 Å². The van der Waals surface area contributed by atoms with Gasteiger partial charge < -0.3 is 15.5 Å². The van der Waals surface area contributed by atoms with Crippen molar-refractivity contribution in [1.82, 2.24) is 5.32 Å². The zero-order chi connectivity index (χ0) is 13.4. The molecule has 0 unspecified atom stereocenters. The Kier molecular flexibility index (Phi) is 3.21. The first-order valence-corrected chi connectivity index (χ1v) is 7.31. The molecule has 1 saturated heterocycles. The lowest BCUT2D eigenvalue weighted by Gasteiger charge is -2.19. The van der Waals surface area contributed by atoms with Gasteiger partial charge in [0.2, 0.25) is 0 Å². The van der Waals surface area contributed by atoms with Crippen LogP contribution in [0.5, 0.6) is 11.5 Å². The van der Waals surface area contributed by atoms with E-state index in [9.17, 15) is 10.2 Å². The standard InChI is InChI=1S/C15H17NO2S/c1-9-4-5-19-15(9)12-8-16-7-11(12)10-2-3-13(17)14(18)6-10/h2-6,11-12,16-18H,7-8H2,1H3/t11-,12-/m1/s1. The predicted molar refractivity (Wildman–Crippen MR) is 77.2 cm³/mol. The number of rotatable bonds is 2. The van der Waals surface area contributed by atoms with E-state index in [1.54, 1.807) is 23.5 Å². The minimum atomic E-state index is -0.0569. The summed E-state index contributed by atoms with van der Waals surface area (Å²) in [5.74, 6) is 0.706. The molecule has 3 rings (SSSR count). The van der Waals surface area contributed by atoms with Gasteiger partial charge in [-0.05, 0) is 41.6 Å². The highest BCUT2D eigenvalue weighted by molar-refractivity contribution is 7.10. The molecular weight excluding hydrogens is 258 g/mol. The highest BCUT2D eigenvalue weighted by atomic mass is 32.1. The molecular formula is C15H17NO2S. The van der Waals surface area contributed by atoms with Crippen molar-refractivity contribution < 1.29 is 10.2 Å². The van der Waals surface area contributed by atoms with E-state index in [2.05, 4.69) is 23.7 Å². The van der Waals surface area contributed by atoms with Gasteiger partial charge in [0.15, 0.2) is 11.5 Å². The fourth-order valence-electron chi connectivity index (χ4n) is 2.84. The van der Waals surface area contributed by atoms with Gasteiger partial charge in [0, 0.05) is 29.8 Å². The fourth-order valence-corrected chi connectivity index (χ4v) is 3.93. The lowest BCUT2D eigenvalue weighted by atomic mass is 9.86. The Morgan fingerprint density at radius 1 is 1.11 bits per heavy atom. The first-order chi connectivity index (χ1) is 9.16. The minimum Gasteiger partial charge on any atom is -0.504 e. The number of benzene rings is 1. The molecule has 0 saturated carbocycles. The molecule has 3 N–H and O–H groups in total. The van der Waals surface area contributed by atoms with E-state index in [0.717, 1.165) is 18.7 Å². The zero-order valence-corrected chi connectivity index (χ0v) is 11.6. The largest absolute Gasteiger partial charge is 0.504 e. The minimum absolute atomic E-state index is 0.0361. The van der Waals surface area contributed by atoms with Gasteiger partial charge >= 0.3 is 0 Å². The van der Waals surface area contributed by atoms with Crippen molar-refractivity contribution in [2.24, 2.45) is 0 Å². The Labute approximate surface area is 116 Å². The van der Waals surface area contributed by atoms with Crippen LogP contribution in [0.4, 0.5) is 0 Å². The van der Waals surface area contributed by atoms with Crippen molar-refractivity contribution in [3.63, 3.8) is 0 Å². The summed E-state index contributed by atoms with van der Waals surface area (Å²) >= 11 is 1.80. The Morgan fingerprint density at radius 2 is 1.89 bits per heavy atom. The number of aromatic hydroxyl groups is 2. The summed E-state index contributed by atoms with van der Waals surface area (Å²) < 4.78 is 0. The van der Waals surface area contributed by atoms with Gasteiger partial charge in [0.05, 0.1) is 0 Å². The number of hydrogen-bond donors (Lipinski definition) is 3. The van der Waals surface area contributed by atoms with Crippen molar-refractivity contribution >= 4 is 11.3 Å². The molecule has 0 radical (unpaired) electrons. The SMILES string of the molecule is Cc1ccsc1[C@@H]1CNC[C@@H]1c1ccc(O)c(O)c1. The second-order valence-electron chi connectivity index (χ2n) is 5.09. The normalized spacial score (nSPS) is 22.8. The molecule has 4 heteroatoms. The van der Waals surface area contributed by atoms with E-state index < -0.39 is 0 Å². The smallest absolute Gasteiger partial charge is 0.157 e. The summed E-state index contributed by atoms with van der Waals surface area (Å²) in [4.78, 5) is 1.42. The molecule has 1 fully saturated rings. The number of thiophene rings is 1. The highest BCUT2D eigenvalue weighted by Crippen LogP contribution is 2.41. The summed E-state index contributed by atoms with van der Waals surface area (Å²) in [6.45, 7) is 4.02. The zero-order valence-electron chi connectivity index (χ0n) is 10.8. The van der Waals surface area contributed by atoms with E-state index in [-0.39, 0.29) is 11.5 Å². The number of nitrogens with one attached hydrogen (secondary N) is 1. The molecule has 0 aliphatic carbocycles. The van der Waals surface area contributed by atoms with E-state index in [4.69, 9.17) is 0 Å². The van der Waals surface area contributed by atoms with Gasteiger partial charge in [-0.1, -0.05) is 6.07 Å². The molecule has 0 bridgehead atoms.